The number of hydrogen-bond acceptors (Lipinski definition) is 3. The van der Waals surface area contributed by atoms with Crippen molar-refractivity contribution in [3.05, 3.63) is 29.8 Å². The molecule has 1 aromatic rings. The smallest absolute Gasteiger partial charge is 0.387 e. The maximum Gasteiger partial charge on any atom is 0.416 e. The van der Waals surface area contributed by atoms with Gasteiger partial charge in [-0.1, -0.05) is 0 Å². The molecule has 0 saturated carbocycles. The molecule has 1 unspecified atom stereocenters. The number of halogens is 3. The number of rotatable bonds is 5. The van der Waals surface area contributed by atoms with Crippen molar-refractivity contribution in [2.45, 2.75) is 18.7 Å². The van der Waals surface area contributed by atoms with Gasteiger partial charge in [0.1, 0.15) is 0 Å². The maximum absolute atomic E-state index is 12.3. The van der Waals surface area contributed by atoms with Crippen molar-refractivity contribution in [3.63, 3.8) is 0 Å². The highest BCUT2D eigenvalue weighted by molar-refractivity contribution is 7.98. The minimum absolute atomic E-state index is 0.291. The van der Waals surface area contributed by atoms with E-state index in [0.717, 1.165) is 12.1 Å². The molecule has 0 fully saturated rings. The van der Waals surface area contributed by atoms with Crippen LogP contribution in [0, 0.1) is 0 Å². The van der Waals surface area contributed by atoms with Crippen molar-refractivity contribution in [2.75, 3.05) is 23.9 Å². The number of thioether (sulfide) groups is 1. The Morgan fingerprint density at radius 2 is 1.78 bits per heavy atom. The van der Waals surface area contributed by atoms with Crippen LogP contribution in [0.4, 0.5) is 18.9 Å². The highest BCUT2D eigenvalue weighted by atomic mass is 32.2. The van der Waals surface area contributed by atoms with Crippen molar-refractivity contribution in [2.24, 2.45) is 0 Å². The molecular weight excluding hydrogens is 263 g/mol. The molecule has 0 amide bonds. The van der Waals surface area contributed by atoms with E-state index < -0.39 is 17.3 Å². The Balaban J connectivity index is 2.60. The predicted molar refractivity (Wildman–Crippen MR) is 68.9 cm³/mol. The van der Waals surface area contributed by atoms with Gasteiger partial charge < -0.3 is 10.4 Å². The molecule has 0 radical (unpaired) electrons. The standard InChI is InChI=1S/C12H16F3NOS/c1-11(17,8-18-2)7-16-10-5-3-9(4-6-10)12(13,14)15/h3-6,16-17H,7-8H2,1-2H3. The molecule has 0 aliphatic rings. The van der Waals surface area contributed by atoms with Crippen LogP contribution in [0.1, 0.15) is 12.5 Å². The van der Waals surface area contributed by atoms with Crippen molar-refractivity contribution in [3.8, 4) is 0 Å². The lowest BCUT2D eigenvalue weighted by Crippen LogP contribution is -2.36. The number of aliphatic hydroxyl groups is 1. The number of anilines is 1. The summed E-state index contributed by atoms with van der Waals surface area (Å²) in [5, 5.41) is 12.8. The Hall–Kier alpha value is -0.880. The molecule has 2 nitrogen and oxygen atoms in total. The van der Waals surface area contributed by atoms with E-state index in [1.807, 2.05) is 6.26 Å². The molecular formula is C12H16F3NOS. The minimum atomic E-state index is -4.32. The summed E-state index contributed by atoms with van der Waals surface area (Å²) in [5.41, 5.74) is -1.00. The summed E-state index contributed by atoms with van der Waals surface area (Å²) < 4.78 is 37.0. The minimum Gasteiger partial charge on any atom is -0.387 e. The lowest BCUT2D eigenvalue weighted by Gasteiger charge is -2.23. The molecule has 0 aliphatic heterocycles. The van der Waals surface area contributed by atoms with E-state index in [9.17, 15) is 18.3 Å². The summed E-state index contributed by atoms with van der Waals surface area (Å²) in [4.78, 5) is 0. The van der Waals surface area contributed by atoms with Gasteiger partial charge in [-0.05, 0) is 37.4 Å². The van der Waals surface area contributed by atoms with Gasteiger partial charge in [0.2, 0.25) is 0 Å². The summed E-state index contributed by atoms with van der Waals surface area (Å²) in [6.45, 7) is 1.97. The highest BCUT2D eigenvalue weighted by Crippen LogP contribution is 2.29. The number of nitrogens with one attached hydrogen (secondary N) is 1. The largest absolute Gasteiger partial charge is 0.416 e. The van der Waals surface area contributed by atoms with Crippen LogP contribution >= 0.6 is 11.8 Å². The van der Waals surface area contributed by atoms with Crippen molar-refractivity contribution in [1.29, 1.82) is 0 Å². The van der Waals surface area contributed by atoms with Crippen molar-refractivity contribution < 1.29 is 18.3 Å². The van der Waals surface area contributed by atoms with E-state index in [1.165, 1.54) is 23.9 Å². The molecule has 1 atom stereocenters. The first-order valence-corrected chi connectivity index (χ1v) is 6.76. The fraction of sp³-hybridized carbons (Fsp3) is 0.500. The molecule has 102 valence electrons. The van der Waals surface area contributed by atoms with E-state index in [2.05, 4.69) is 5.32 Å². The molecule has 0 aliphatic carbocycles. The van der Waals surface area contributed by atoms with Gasteiger partial charge in [-0.2, -0.15) is 24.9 Å². The lowest BCUT2D eigenvalue weighted by atomic mass is 10.1. The molecule has 1 rings (SSSR count). The van der Waals surface area contributed by atoms with E-state index in [1.54, 1.807) is 6.92 Å². The quantitative estimate of drug-likeness (QED) is 0.868. The monoisotopic (exact) mass is 279 g/mol. The van der Waals surface area contributed by atoms with Gasteiger partial charge in [-0.15, -0.1) is 0 Å². The second kappa shape index (κ2) is 5.84. The number of hydrogen-bond donors (Lipinski definition) is 2. The zero-order valence-corrected chi connectivity index (χ0v) is 11.0. The van der Waals surface area contributed by atoms with Crippen LogP contribution < -0.4 is 5.32 Å². The van der Waals surface area contributed by atoms with E-state index in [4.69, 9.17) is 0 Å². The van der Waals surface area contributed by atoms with Crippen LogP contribution in [0.15, 0.2) is 24.3 Å². The summed E-state index contributed by atoms with van der Waals surface area (Å²) in [7, 11) is 0. The van der Waals surface area contributed by atoms with Gasteiger partial charge in [0.25, 0.3) is 0 Å². The SMILES string of the molecule is CSCC(C)(O)CNc1ccc(C(F)(F)F)cc1. The van der Waals surface area contributed by atoms with Crippen LogP contribution in [0.3, 0.4) is 0 Å². The first-order chi connectivity index (χ1) is 8.24. The van der Waals surface area contributed by atoms with Gasteiger partial charge in [-0.3, -0.25) is 0 Å². The van der Waals surface area contributed by atoms with Crippen LogP contribution in [0.2, 0.25) is 0 Å². The second-order valence-corrected chi connectivity index (χ2v) is 5.22. The topological polar surface area (TPSA) is 32.3 Å². The molecule has 1 aromatic carbocycles. The highest BCUT2D eigenvalue weighted by Gasteiger charge is 2.30. The summed E-state index contributed by atoms with van der Waals surface area (Å²) >= 11 is 1.51. The molecule has 2 N–H and O–H groups in total. The number of benzene rings is 1. The van der Waals surface area contributed by atoms with E-state index >= 15 is 0 Å². The molecule has 0 heterocycles. The third-order valence-electron chi connectivity index (χ3n) is 2.34. The Labute approximate surface area is 109 Å². The molecule has 0 saturated heterocycles. The second-order valence-electron chi connectivity index (χ2n) is 4.36. The first-order valence-electron chi connectivity index (χ1n) is 5.37. The molecule has 6 heteroatoms. The third kappa shape index (κ3) is 4.78. The first kappa shape index (κ1) is 15.2. The normalized spacial score (nSPS) is 15.2. The Bertz CT molecular complexity index is 376. The Kier molecular flexibility index (Phi) is 4.92. The predicted octanol–water partition coefficient (Wildman–Crippen LogP) is 3.23. The zero-order valence-electron chi connectivity index (χ0n) is 10.2. The average Bonchev–Trinajstić information content (AvgIpc) is 2.26. The van der Waals surface area contributed by atoms with Crippen LogP contribution in [0.25, 0.3) is 0 Å². The molecule has 0 bridgehead atoms. The summed E-state index contributed by atoms with van der Waals surface area (Å²) in [6, 6.07) is 4.76. The van der Waals surface area contributed by atoms with Gasteiger partial charge in [0.05, 0.1) is 11.2 Å². The van der Waals surface area contributed by atoms with E-state index in [-0.39, 0.29) is 0 Å². The average molecular weight is 279 g/mol. The molecule has 0 spiro atoms. The van der Waals surface area contributed by atoms with Gasteiger partial charge in [0.15, 0.2) is 0 Å². The van der Waals surface area contributed by atoms with E-state index in [0.29, 0.717) is 18.0 Å². The zero-order chi connectivity index (χ0) is 13.8. The summed E-state index contributed by atoms with van der Waals surface area (Å²) in [5.74, 6) is 0.556. The molecule has 0 aromatic heterocycles. The summed E-state index contributed by atoms with van der Waals surface area (Å²) in [6.07, 6.45) is -2.44. The van der Waals surface area contributed by atoms with Crippen molar-refractivity contribution in [1.82, 2.24) is 0 Å². The third-order valence-corrected chi connectivity index (χ3v) is 3.25. The van der Waals surface area contributed by atoms with Crippen LogP contribution in [0.5, 0.6) is 0 Å². The van der Waals surface area contributed by atoms with Crippen LogP contribution in [-0.4, -0.2) is 29.3 Å². The Morgan fingerprint density at radius 3 is 2.22 bits per heavy atom. The molecule has 18 heavy (non-hydrogen) atoms. The van der Waals surface area contributed by atoms with Crippen LogP contribution in [-0.2, 0) is 6.18 Å². The van der Waals surface area contributed by atoms with Crippen molar-refractivity contribution >= 4 is 17.4 Å². The maximum atomic E-state index is 12.3. The van der Waals surface area contributed by atoms with Gasteiger partial charge in [0, 0.05) is 18.0 Å². The fourth-order valence-corrected chi connectivity index (χ4v) is 2.16. The Morgan fingerprint density at radius 1 is 1.22 bits per heavy atom. The number of alkyl halides is 3. The van der Waals surface area contributed by atoms with Gasteiger partial charge in [-0.25, -0.2) is 0 Å². The lowest BCUT2D eigenvalue weighted by molar-refractivity contribution is -0.137. The fourth-order valence-electron chi connectivity index (χ4n) is 1.43. The van der Waals surface area contributed by atoms with Gasteiger partial charge >= 0.3 is 6.18 Å².